The topological polar surface area (TPSA) is 52.8 Å². The van der Waals surface area contributed by atoms with Crippen molar-refractivity contribution in [3.8, 4) is 5.75 Å². The zero-order valence-corrected chi connectivity index (χ0v) is 11.5. The number of methoxy groups -OCH3 is 1. The Balaban J connectivity index is 1.84. The van der Waals surface area contributed by atoms with Crippen LogP contribution in [0.1, 0.15) is 15.9 Å². The number of nitrogens with zero attached hydrogens (tertiary/aromatic N) is 2. The third-order valence-corrected chi connectivity index (χ3v) is 3.15. The van der Waals surface area contributed by atoms with Gasteiger partial charge in [-0.3, -0.25) is 0 Å². The van der Waals surface area contributed by atoms with E-state index < -0.39 is 5.97 Å². The van der Waals surface area contributed by atoms with E-state index in [2.05, 4.69) is 5.10 Å². The third-order valence-electron chi connectivity index (χ3n) is 3.15. The number of ether oxygens (including phenoxy) is 2. The summed E-state index contributed by atoms with van der Waals surface area (Å²) in [6, 6.07) is 13.5. The van der Waals surface area contributed by atoms with Gasteiger partial charge in [-0.2, -0.15) is 5.10 Å². The second-order valence-electron chi connectivity index (χ2n) is 4.52. The lowest BCUT2D eigenvalue weighted by molar-refractivity contribution is 0.0603. The molecule has 0 unspecified atom stereocenters. The first kappa shape index (κ1) is 13.2. The summed E-state index contributed by atoms with van der Waals surface area (Å²) < 4.78 is 12.1. The summed E-state index contributed by atoms with van der Waals surface area (Å²) in [5, 5.41) is 4.11. The molecule has 0 bridgehead atoms. The quantitative estimate of drug-likeness (QED) is 0.690. The van der Waals surface area contributed by atoms with Crippen LogP contribution in [0.4, 0.5) is 0 Å². The zero-order valence-electron chi connectivity index (χ0n) is 11.5. The number of hydrogen-bond donors (Lipinski definition) is 0. The number of aromatic nitrogens is 2. The lowest BCUT2D eigenvalue weighted by atomic mass is 10.2. The van der Waals surface area contributed by atoms with Gasteiger partial charge in [0, 0.05) is 12.3 Å². The first-order chi connectivity index (χ1) is 10.3. The van der Waals surface area contributed by atoms with Gasteiger partial charge in [-0.25, -0.2) is 9.31 Å². The number of esters is 1. The SMILES string of the molecule is COC(=O)c1cnn2ccc(OCc3ccccc3)cc12. The molecule has 106 valence electrons. The summed E-state index contributed by atoms with van der Waals surface area (Å²) in [5.74, 6) is 0.266. The summed E-state index contributed by atoms with van der Waals surface area (Å²) in [7, 11) is 1.35. The molecule has 0 radical (unpaired) electrons. The molecule has 0 aliphatic rings. The fourth-order valence-electron chi connectivity index (χ4n) is 2.06. The molecule has 5 heteroatoms. The predicted octanol–water partition coefficient (Wildman–Crippen LogP) is 2.70. The minimum Gasteiger partial charge on any atom is -0.489 e. The van der Waals surface area contributed by atoms with Gasteiger partial charge in [0.15, 0.2) is 0 Å². The van der Waals surface area contributed by atoms with Crippen molar-refractivity contribution in [3.05, 3.63) is 66.0 Å². The maximum absolute atomic E-state index is 11.7. The van der Waals surface area contributed by atoms with Gasteiger partial charge in [0.2, 0.25) is 0 Å². The van der Waals surface area contributed by atoms with Crippen LogP contribution in [0, 0.1) is 0 Å². The predicted molar refractivity (Wildman–Crippen MR) is 77.3 cm³/mol. The normalized spacial score (nSPS) is 10.5. The number of hydrogen-bond acceptors (Lipinski definition) is 4. The molecule has 0 spiro atoms. The highest BCUT2D eigenvalue weighted by Crippen LogP contribution is 2.19. The number of carbonyl (C=O) groups excluding carboxylic acids is 1. The fourth-order valence-corrected chi connectivity index (χ4v) is 2.06. The Bertz CT molecular complexity index is 766. The molecular weight excluding hydrogens is 268 g/mol. The van der Waals surface area contributed by atoms with Gasteiger partial charge < -0.3 is 9.47 Å². The minimum atomic E-state index is -0.412. The van der Waals surface area contributed by atoms with Crippen molar-refractivity contribution in [2.75, 3.05) is 7.11 Å². The Morgan fingerprint density at radius 1 is 1.24 bits per heavy atom. The molecule has 0 atom stereocenters. The summed E-state index contributed by atoms with van der Waals surface area (Å²) in [5.41, 5.74) is 2.16. The minimum absolute atomic E-state index is 0.412. The van der Waals surface area contributed by atoms with Crippen LogP contribution in [0.5, 0.6) is 5.75 Å². The van der Waals surface area contributed by atoms with E-state index in [1.54, 1.807) is 16.8 Å². The van der Waals surface area contributed by atoms with Crippen LogP contribution in [0.2, 0.25) is 0 Å². The Morgan fingerprint density at radius 2 is 2.05 bits per heavy atom. The fraction of sp³-hybridized carbons (Fsp3) is 0.125. The Kier molecular flexibility index (Phi) is 3.55. The third kappa shape index (κ3) is 2.72. The van der Waals surface area contributed by atoms with Crippen LogP contribution in [0.3, 0.4) is 0 Å². The molecule has 2 heterocycles. The van der Waals surface area contributed by atoms with Crippen molar-refractivity contribution in [3.63, 3.8) is 0 Å². The number of fused-ring (bicyclic) bond motifs is 1. The van der Waals surface area contributed by atoms with Crippen molar-refractivity contribution in [2.24, 2.45) is 0 Å². The zero-order chi connectivity index (χ0) is 14.7. The summed E-state index contributed by atoms with van der Waals surface area (Å²) in [6.45, 7) is 0.471. The monoisotopic (exact) mass is 282 g/mol. The standard InChI is InChI=1S/C16H14N2O3/c1-20-16(19)14-10-17-18-8-7-13(9-15(14)18)21-11-12-5-3-2-4-6-12/h2-10H,11H2,1H3. The van der Waals surface area contributed by atoms with Crippen LogP contribution in [0.15, 0.2) is 54.9 Å². The average Bonchev–Trinajstić information content (AvgIpc) is 2.96. The first-order valence-corrected chi connectivity index (χ1v) is 6.50. The lowest BCUT2D eigenvalue weighted by Gasteiger charge is -2.07. The largest absolute Gasteiger partial charge is 0.489 e. The van der Waals surface area contributed by atoms with Crippen molar-refractivity contribution in [1.82, 2.24) is 9.61 Å². The molecular formula is C16H14N2O3. The number of pyridine rings is 1. The second-order valence-corrected chi connectivity index (χ2v) is 4.52. The van der Waals surface area contributed by atoms with Gasteiger partial charge in [0.05, 0.1) is 18.8 Å². The summed E-state index contributed by atoms with van der Waals surface area (Å²) in [6.07, 6.45) is 3.24. The Hall–Kier alpha value is -2.82. The van der Waals surface area contributed by atoms with E-state index in [9.17, 15) is 4.79 Å². The van der Waals surface area contributed by atoms with E-state index in [1.165, 1.54) is 13.3 Å². The number of benzene rings is 1. The average molecular weight is 282 g/mol. The molecule has 5 nitrogen and oxygen atoms in total. The van der Waals surface area contributed by atoms with E-state index in [0.717, 1.165) is 5.56 Å². The second kappa shape index (κ2) is 5.66. The van der Waals surface area contributed by atoms with Gasteiger partial charge in [-0.15, -0.1) is 0 Å². The van der Waals surface area contributed by atoms with Gasteiger partial charge >= 0.3 is 5.97 Å². The molecule has 1 aromatic carbocycles. The van der Waals surface area contributed by atoms with Crippen LogP contribution >= 0.6 is 0 Å². The Labute approximate surface area is 121 Å². The molecule has 3 aromatic rings. The van der Waals surface area contributed by atoms with Crippen LogP contribution in [0.25, 0.3) is 5.52 Å². The van der Waals surface area contributed by atoms with Crippen LogP contribution < -0.4 is 4.74 Å². The van der Waals surface area contributed by atoms with Gasteiger partial charge in [-0.05, 0) is 11.6 Å². The van der Waals surface area contributed by atoms with Gasteiger partial charge in [0.25, 0.3) is 0 Å². The molecule has 21 heavy (non-hydrogen) atoms. The molecule has 0 saturated heterocycles. The van der Waals surface area contributed by atoms with Gasteiger partial charge in [0.1, 0.15) is 17.9 Å². The van der Waals surface area contributed by atoms with E-state index in [-0.39, 0.29) is 0 Å². The molecule has 0 aliphatic heterocycles. The number of rotatable bonds is 4. The number of carbonyl (C=O) groups is 1. The smallest absolute Gasteiger partial charge is 0.341 e. The van der Waals surface area contributed by atoms with E-state index in [4.69, 9.17) is 9.47 Å². The maximum atomic E-state index is 11.7. The summed E-state index contributed by atoms with van der Waals surface area (Å²) >= 11 is 0. The van der Waals surface area contributed by atoms with E-state index in [1.807, 2.05) is 36.4 Å². The molecule has 2 aromatic heterocycles. The van der Waals surface area contributed by atoms with Crippen LogP contribution in [-0.4, -0.2) is 22.7 Å². The van der Waals surface area contributed by atoms with Crippen molar-refractivity contribution >= 4 is 11.5 Å². The van der Waals surface area contributed by atoms with Crippen molar-refractivity contribution < 1.29 is 14.3 Å². The van der Waals surface area contributed by atoms with Crippen molar-refractivity contribution in [1.29, 1.82) is 0 Å². The molecule has 3 rings (SSSR count). The van der Waals surface area contributed by atoms with E-state index >= 15 is 0 Å². The first-order valence-electron chi connectivity index (χ1n) is 6.50. The summed E-state index contributed by atoms with van der Waals surface area (Å²) in [4.78, 5) is 11.7. The van der Waals surface area contributed by atoms with E-state index in [0.29, 0.717) is 23.4 Å². The molecule has 0 aliphatic carbocycles. The highest BCUT2D eigenvalue weighted by atomic mass is 16.5. The highest BCUT2D eigenvalue weighted by molar-refractivity contribution is 5.96. The van der Waals surface area contributed by atoms with Crippen molar-refractivity contribution in [2.45, 2.75) is 6.61 Å². The molecule has 0 amide bonds. The Morgan fingerprint density at radius 3 is 2.81 bits per heavy atom. The highest BCUT2D eigenvalue weighted by Gasteiger charge is 2.13. The van der Waals surface area contributed by atoms with Crippen LogP contribution in [-0.2, 0) is 11.3 Å². The molecule has 0 N–H and O–H groups in total. The lowest BCUT2D eigenvalue weighted by Crippen LogP contribution is -2.01. The maximum Gasteiger partial charge on any atom is 0.341 e. The molecule has 0 saturated carbocycles. The van der Waals surface area contributed by atoms with Gasteiger partial charge in [-0.1, -0.05) is 30.3 Å². The molecule has 0 fully saturated rings.